The average molecular weight is 288 g/mol. The highest BCUT2D eigenvalue weighted by Gasteiger charge is 2.23. The van der Waals surface area contributed by atoms with Gasteiger partial charge in [-0.25, -0.2) is 0 Å². The van der Waals surface area contributed by atoms with Gasteiger partial charge in [-0.15, -0.1) is 0 Å². The minimum absolute atomic E-state index is 0.169. The predicted molar refractivity (Wildman–Crippen MR) is 93.0 cm³/mol. The number of anilines is 1. The molecular weight excluding hydrogens is 256 g/mol. The van der Waals surface area contributed by atoms with Gasteiger partial charge in [-0.05, 0) is 76.6 Å². The molecule has 2 nitrogen and oxygen atoms in total. The summed E-state index contributed by atoms with van der Waals surface area (Å²) in [5.74, 6) is 0.809. The first-order chi connectivity index (χ1) is 9.76. The lowest BCUT2D eigenvalue weighted by Gasteiger charge is -2.39. The summed E-state index contributed by atoms with van der Waals surface area (Å²) in [5, 5.41) is 3.58. The third kappa shape index (κ3) is 4.47. The Labute approximate surface area is 130 Å². The van der Waals surface area contributed by atoms with E-state index in [1.807, 2.05) is 0 Å². The molecular formula is C19H32N2. The van der Waals surface area contributed by atoms with Gasteiger partial charge in [-0.2, -0.15) is 0 Å². The maximum absolute atomic E-state index is 3.58. The van der Waals surface area contributed by atoms with Crippen molar-refractivity contribution in [3.63, 3.8) is 0 Å². The lowest BCUT2D eigenvalue weighted by atomic mass is 9.94. The van der Waals surface area contributed by atoms with Crippen molar-refractivity contribution < 1.29 is 0 Å². The third-order valence-electron chi connectivity index (χ3n) is 4.58. The van der Waals surface area contributed by atoms with Crippen LogP contribution >= 0.6 is 0 Å². The van der Waals surface area contributed by atoms with Crippen LogP contribution in [0.2, 0.25) is 0 Å². The number of piperidine rings is 1. The Morgan fingerprint density at radius 2 is 1.90 bits per heavy atom. The molecule has 1 saturated heterocycles. The Hall–Kier alpha value is -1.02. The fourth-order valence-electron chi connectivity index (χ4n) is 3.07. The summed E-state index contributed by atoms with van der Waals surface area (Å²) < 4.78 is 0. The first-order valence-electron chi connectivity index (χ1n) is 8.37. The van der Waals surface area contributed by atoms with Crippen LogP contribution in [0.25, 0.3) is 0 Å². The average Bonchev–Trinajstić information content (AvgIpc) is 2.39. The molecule has 1 heterocycles. The summed E-state index contributed by atoms with van der Waals surface area (Å²) >= 11 is 0. The van der Waals surface area contributed by atoms with Crippen molar-refractivity contribution in [2.75, 3.05) is 11.4 Å². The van der Waals surface area contributed by atoms with Crippen molar-refractivity contribution in [3.05, 3.63) is 29.3 Å². The highest BCUT2D eigenvalue weighted by atomic mass is 15.2. The minimum Gasteiger partial charge on any atom is -0.369 e. The van der Waals surface area contributed by atoms with Crippen LogP contribution in [0.5, 0.6) is 0 Å². The molecule has 21 heavy (non-hydrogen) atoms. The number of nitrogens with one attached hydrogen (secondary N) is 1. The normalized spacial score (nSPS) is 23.4. The predicted octanol–water partition coefficient (Wildman–Crippen LogP) is 4.51. The van der Waals surface area contributed by atoms with E-state index < -0.39 is 0 Å². The Kier molecular flexibility index (Phi) is 4.98. The van der Waals surface area contributed by atoms with E-state index in [0.717, 1.165) is 12.5 Å². The van der Waals surface area contributed by atoms with Crippen molar-refractivity contribution in [3.8, 4) is 0 Å². The topological polar surface area (TPSA) is 15.3 Å². The second-order valence-corrected chi connectivity index (χ2v) is 7.90. The van der Waals surface area contributed by atoms with E-state index in [-0.39, 0.29) is 5.54 Å². The molecule has 2 heteroatoms. The molecule has 0 saturated carbocycles. The summed E-state index contributed by atoms with van der Waals surface area (Å²) in [4.78, 5) is 2.59. The second-order valence-electron chi connectivity index (χ2n) is 7.90. The standard InChI is InChI=1S/C19H32N2/c1-14-7-8-16(3)21(13-14)18-10-9-17(15(2)11-18)12-20-19(4,5)6/h9-11,14,16,20H,7-8,12-13H2,1-6H3. The number of hydrogen-bond acceptors (Lipinski definition) is 2. The van der Waals surface area contributed by atoms with Gasteiger partial charge in [0.2, 0.25) is 0 Å². The molecule has 1 aromatic carbocycles. The van der Waals surface area contributed by atoms with E-state index in [1.165, 1.54) is 36.2 Å². The van der Waals surface area contributed by atoms with Crippen LogP contribution in [0, 0.1) is 12.8 Å². The molecule has 0 aliphatic carbocycles. The molecule has 0 spiro atoms. The van der Waals surface area contributed by atoms with E-state index in [2.05, 4.69) is 70.0 Å². The zero-order chi connectivity index (χ0) is 15.6. The first-order valence-corrected chi connectivity index (χ1v) is 8.37. The summed E-state index contributed by atoms with van der Waals surface area (Å²) in [6.45, 7) is 15.8. The van der Waals surface area contributed by atoms with Gasteiger partial charge < -0.3 is 10.2 Å². The van der Waals surface area contributed by atoms with Gasteiger partial charge in [-0.1, -0.05) is 13.0 Å². The number of hydrogen-bond donors (Lipinski definition) is 1. The first kappa shape index (κ1) is 16.4. The smallest absolute Gasteiger partial charge is 0.0371 e. The number of nitrogens with zero attached hydrogens (tertiary/aromatic N) is 1. The quantitative estimate of drug-likeness (QED) is 0.880. The number of rotatable bonds is 3. The SMILES string of the molecule is Cc1cc(N2CC(C)CCC2C)ccc1CNC(C)(C)C. The van der Waals surface area contributed by atoms with Gasteiger partial charge >= 0.3 is 0 Å². The lowest BCUT2D eigenvalue weighted by molar-refractivity contribution is 0.390. The second kappa shape index (κ2) is 6.39. The van der Waals surface area contributed by atoms with Gasteiger partial charge in [-0.3, -0.25) is 0 Å². The monoisotopic (exact) mass is 288 g/mol. The van der Waals surface area contributed by atoms with Gasteiger partial charge in [0.15, 0.2) is 0 Å². The molecule has 0 radical (unpaired) electrons. The van der Waals surface area contributed by atoms with E-state index in [1.54, 1.807) is 0 Å². The molecule has 1 aromatic rings. The van der Waals surface area contributed by atoms with Crippen molar-refractivity contribution >= 4 is 5.69 Å². The lowest BCUT2D eigenvalue weighted by Crippen LogP contribution is -2.41. The van der Waals surface area contributed by atoms with Crippen LogP contribution < -0.4 is 10.2 Å². The molecule has 2 rings (SSSR count). The van der Waals surface area contributed by atoms with Gasteiger partial charge in [0.25, 0.3) is 0 Å². The molecule has 1 fully saturated rings. The Bertz CT molecular complexity index is 473. The van der Waals surface area contributed by atoms with E-state index in [0.29, 0.717) is 6.04 Å². The largest absolute Gasteiger partial charge is 0.369 e. The molecule has 2 unspecified atom stereocenters. The molecule has 0 bridgehead atoms. The highest BCUT2D eigenvalue weighted by Crippen LogP contribution is 2.28. The van der Waals surface area contributed by atoms with Crippen LogP contribution in [-0.4, -0.2) is 18.1 Å². The number of aryl methyl sites for hydroxylation is 1. The molecule has 2 atom stereocenters. The Morgan fingerprint density at radius 1 is 1.19 bits per heavy atom. The highest BCUT2D eigenvalue weighted by molar-refractivity contribution is 5.52. The molecule has 118 valence electrons. The molecule has 0 aromatic heterocycles. The fraction of sp³-hybridized carbons (Fsp3) is 0.684. The van der Waals surface area contributed by atoms with Crippen LogP contribution in [0.4, 0.5) is 5.69 Å². The number of benzene rings is 1. The summed E-state index contributed by atoms with van der Waals surface area (Å²) in [7, 11) is 0. The molecule has 1 N–H and O–H groups in total. The van der Waals surface area contributed by atoms with Crippen LogP contribution in [-0.2, 0) is 6.54 Å². The summed E-state index contributed by atoms with van der Waals surface area (Å²) in [6.07, 6.45) is 2.68. The van der Waals surface area contributed by atoms with Crippen LogP contribution in [0.1, 0.15) is 58.6 Å². The third-order valence-corrected chi connectivity index (χ3v) is 4.58. The van der Waals surface area contributed by atoms with Crippen LogP contribution in [0.3, 0.4) is 0 Å². The van der Waals surface area contributed by atoms with Crippen molar-refractivity contribution in [2.45, 2.75) is 72.5 Å². The molecule has 1 aliphatic rings. The molecule has 0 amide bonds. The van der Waals surface area contributed by atoms with Gasteiger partial charge in [0.1, 0.15) is 0 Å². The zero-order valence-corrected chi connectivity index (χ0v) is 14.7. The van der Waals surface area contributed by atoms with Gasteiger partial charge in [0.05, 0.1) is 0 Å². The minimum atomic E-state index is 0.169. The zero-order valence-electron chi connectivity index (χ0n) is 14.7. The molecule has 1 aliphatic heterocycles. The van der Waals surface area contributed by atoms with Crippen molar-refractivity contribution in [1.29, 1.82) is 0 Å². The van der Waals surface area contributed by atoms with Crippen molar-refractivity contribution in [2.24, 2.45) is 5.92 Å². The Balaban J connectivity index is 2.11. The maximum atomic E-state index is 3.58. The Morgan fingerprint density at radius 3 is 2.52 bits per heavy atom. The van der Waals surface area contributed by atoms with Crippen LogP contribution in [0.15, 0.2) is 18.2 Å². The summed E-state index contributed by atoms with van der Waals surface area (Å²) in [5.41, 5.74) is 4.37. The van der Waals surface area contributed by atoms with E-state index in [4.69, 9.17) is 0 Å². The van der Waals surface area contributed by atoms with E-state index in [9.17, 15) is 0 Å². The fourth-order valence-corrected chi connectivity index (χ4v) is 3.07. The summed E-state index contributed by atoms with van der Waals surface area (Å²) in [6, 6.07) is 7.64. The van der Waals surface area contributed by atoms with Gasteiger partial charge in [0, 0.05) is 30.4 Å². The maximum Gasteiger partial charge on any atom is 0.0371 e. The van der Waals surface area contributed by atoms with Crippen molar-refractivity contribution in [1.82, 2.24) is 5.32 Å². The van der Waals surface area contributed by atoms with E-state index >= 15 is 0 Å².